The van der Waals surface area contributed by atoms with E-state index in [2.05, 4.69) is 42.9 Å². The normalized spacial score (nSPS) is 15.4. The van der Waals surface area contributed by atoms with Crippen molar-refractivity contribution in [2.24, 2.45) is 0 Å². The maximum atomic E-state index is 12.4. The first-order valence-electron chi connectivity index (χ1n) is 7.74. The van der Waals surface area contributed by atoms with Crippen molar-refractivity contribution in [2.75, 3.05) is 5.32 Å². The minimum absolute atomic E-state index is 0.0354. The maximum Gasteiger partial charge on any atom is 0.237 e. The molecule has 1 amide bonds. The molecule has 5 nitrogen and oxygen atoms in total. The number of hydrogen-bond donors (Lipinski definition) is 1. The van der Waals surface area contributed by atoms with Gasteiger partial charge in [0.1, 0.15) is 5.82 Å². The first-order chi connectivity index (χ1) is 11.1. The van der Waals surface area contributed by atoms with Crippen molar-refractivity contribution in [2.45, 2.75) is 49.6 Å². The second kappa shape index (κ2) is 7.05. The van der Waals surface area contributed by atoms with Crippen LogP contribution in [-0.4, -0.2) is 25.9 Å². The van der Waals surface area contributed by atoms with Gasteiger partial charge in [-0.3, -0.25) is 4.79 Å². The monoisotopic (exact) mass is 394 g/mol. The second-order valence-corrected chi connectivity index (χ2v) is 7.84. The van der Waals surface area contributed by atoms with E-state index >= 15 is 0 Å². The van der Waals surface area contributed by atoms with Crippen LogP contribution in [0.4, 0.5) is 5.69 Å². The van der Waals surface area contributed by atoms with Crippen molar-refractivity contribution in [3.05, 3.63) is 34.6 Å². The molecule has 1 aliphatic rings. The van der Waals surface area contributed by atoms with Gasteiger partial charge < -0.3 is 9.88 Å². The molecule has 3 rings (SSSR count). The van der Waals surface area contributed by atoms with Crippen LogP contribution in [0.2, 0.25) is 0 Å². The van der Waals surface area contributed by atoms with Gasteiger partial charge in [-0.25, -0.2) is 0 Å². The van der Waals surface area contributed by atoms with Gasteiger partial charge in [0, 0.05) is 22.6 Å². The number of hydrogen-bond acceptors (Lipinski definition) is 4. The van der Waals surface area contributed by atoms with Crippen molar-refractivity contribution < 1.29 is 4.79 Å². The van der Waals surface area contributed by atoms with E-state index in [4.69, 9.17) is 0 Å². The quantitative estimate of drug-likeness (QED) is 0.750. The Kier molecular flexibility index (Phi) is 5.06. The molecule has 1 fully saturated rings. The molecule has 0 bridgehead atoms. The van der Waals surface area contributed by atoms with Crippen LogP contribution in [0, 0.1) is 0 Å². The second-order valence-electron chi connectivity index (χ2n) is 5.62. The van der Waals surface area contributed by atoms with E-state index < -0.39 is 0 Å². The smallest absolute Gasteiger partial charge is 0.237 e. The molecular formula is C16H19BrN4OS. The van der Waals surface area contributed by atoms with E-state index in [1.54, 1.807) is 0 Å². The molecule has 0 spiro atoms. The lowest BCUT2D eigenvalue weighted by molar-refractivity contribution is -0.115. The number of thioether (sulfide) groups is 1. The largest absolute Gasteiger partial charge is 0.325 e. The number of benzene rings is 1. The van der Waals surface area contributed by atoms with Gasteiger partial charge in [0.2, 0.25) is 5.91 Å². The van der Waals surface area contributed by atoms with Crippen LogP contribution in [0.1, 0.15) is 38.4 Å². The van der Waals surface area contributed by atoms with E-state index in [0.29, 0.717) is 5.92 Å². The third-order valence-corrected chi connectivity index (χ3v) is 5.32. The molecule has 0 saturated heterocycles. The molecular weight excluding hydrogens is 376 g/mol. The van der Waals surface area contributed by atoms with Crippen LogP contribution in [-0.2, 0) is 11.3 Å². The Morgan fingerprint density at radius 1 is 1.48 bits per heavy atom. The average molecular weight is 395 g/mol. The summed E-state index contributed by atoms with van der Waals surface area (Å²) in [5.74, 6) is 1.59. The molecule has 0 aliphatic heterocycles. The van der Waals surface area contributed by atoms with E-state index in [0.717, 1.165) is 27.7 Å². The Balaban J connectivity index is 1.66. The number of nitrogens with zero attached hydrogens (tertiary/aromatic N) is 3. The number of rotatable bonds is 6. The van der Waals surface area contributed by atoms with Crippen molar-refractivity contribution in [1.82, 2.24) is 14.8 Å². The number of carbonyl (C=O) groups is 1. The zero-order valence-corrected chi connectivity index (χ0v) is 15.5. The fourth-order valence-electron chi connectivity index (χ4n) is 2.35. The van der Waals surface area contributed by atoms with Gasteiger partial charge in [-0.05, 0) is 44.9 Å². The van der Waals surface area contributed by atoms with Gasteiger partial charge in [-0.1, -0.05) is 33.8 Å². The van der Waals surface area contributed by atoms with Crippen LogP contribution < -0.4 is 5.32 Å². The van der Waals surface area contributed by atoms with Crippen LogP contribution in [0.3, 0.4) is 0 Å². The summed E-state index contributed by atoms with van der Waals surface area (Å²) in [6.07, 6.45) is 2.39. The minimum Gasteiger partial charge on any atom is -0.325 e. The summed E-state index contributed by atoms with van der Waals surface area (Å²) in [6.45, 7) is 4.82. The molecule has 0 radical (unpaired) electrons. The highest BCUT2D eigenvalue weighted by molar-refractivity contribution is 9.10. The third kappa shape index (κ3) is 3.95. The van der Waals surface area contributed by atoms with E-state index in [-0.39, 0.29) is 11.2 Å². The zero-order chi connectivity index (χ0) is 16.4. The van der Waals surface area contributed by atoms with Gasteiger partial charge in [0.05, 0.1) is 5.25 Å². The highest BCUT2D eigenvalue weighted by Crippen LogP contribution is 2.40. The standard InChI is InChI=1S/C16H19BrN4OS/c1-3-21-14(11-7-8-11)19-20-16(21)23-10(2)15(22)18-13-6-4-5-12(17)9-13/h4-6,9-11H,3,7-8H2,1-2H3,(H,18,22). The molecule has 1 saturated carbocycles. The summed E-state index contributed by atoms with van der Waals surface area (Å²) in [6, 6.07) is 7.58. The molecule has 2 aromatic rings. The van der Waals surface area contributed by atoms with E-state index in [1.807, 2.05) is 31.2 Å². The van der Waals surface area contributed by atoms with Crippen molar-refractivity contribution in [3.8, 4) is 0 Å². The highest BCUT2D eigenvalue weighted by Gasteiger charge is 2.30. The lowest BCUT2D eigenvalue weighted by atomic mass is 10.3. The zero-order valence-electron chi connectivity index (χ0n) is 13.1. The predicted octanol–water partition coefficient (Wildman–Crippen LogP) is 4.06. The first-order valence-corrected chi connectivity index (χ1v) is 9.42. The first kappa shape index (κ1) is 16.5. The van der Waals surface area contributed by atoms with Crippen LogP contribution in [0.25, 0.3) is 0 Å². The Hall–Kier alpha value is -1.34. The maximum absolute atomic E-state index is 12.4. The topological polar surface area (TPSA) is 59.8 Å². The molecule has 23 heavy (non-hydrogen) atoms. The van der Waals surface area contributed by atoms with E-state index in [1.165, 1.54) is 24.6 Å². The van der Waals surface area contributed by atoms with E-state index in [9.17, 15) is 4.79 Å². The van der Waals surface area contributed by atoms with Crippen molar-refractivity contribution in [3.63, 3.8) is 0 Å². The highest BCUT2D eigenvalue weighted by atomic mass is 79.9. The SMILES string of the molecule is CCn1c(SC(C)C(=O)Nc2cccc(Br)c2)nnc1C1CC1. The van der Waals surface area contributed by atoms with Gasteiger partial charge >= 0.3 is 0 Å². The van der Waals surface area contributed by atoms with Crippen molar-refractivity contribution >= 4 is 39.3 Å². The number of amides is 1. The Morgan fingerprint density at radius 3 is 2.91 bits per heavy atom. The molecule has 1 N–H and O–H groups in total. The Bertz CT molecular complexity index is 714. The minimum atomic E-state index is -0.240. The molecule has 1 atom stereocenters. The lowest BCUT2D eigenvalue weighted by Gasteiger charge is -2.13. The summed E-state index contributed by atoms with van der Waals surface area (Å²) in [7, 11) is 0. The Morgan fingerprint density at radius 2 is 2.26 bits per heavy atom. The summed E-state index contributed by atoms with van der Waals surface area (Å²) in [5.41, 5.74) is 0.785. The molecule has 7 heteroatoms. The fraction of sp³-hybridized carbons (Fsp3) is 0.438. The average Bonchev–Trinajstić information content (AvgIpc) is 3.28. The van der Waals surface area contributed by atoms with Crippen molar-refractivity contribution in [1.29, 1.82) is 0 Å². The van der Waals surface area contributed by atoms with Gasteiger partial charge in [-0.15, -0.1) is 10.2 Å². The third-order valence-electron chi connectivity index (χ3n) is 3.75. The predicted molar refractivity (Wildman–Crippen MR) is 95.8 cm³/mol. The molecule has 1 aromatic carbocycles. The number of carbonyl (C=O) groups excluding carboxylic acids is 1. The number of halogens is 1. The number of anilines is 1. The number of aromatic nitrogens is 3. The lowest BCUT2D eigenvalue weighted by Crippen LogP contribution is -2.23. The van der Waals surface area contributed by atoms with Gasteiger partial charge in [0.25, 0.3) is 0 Å². The molecule has 1 aromatic heterocycles. The van der Waals surface area contributed by atoms with Crippen LogP contribution in [0.5, 0.6) is 0 Å². The summed E-state index contributed by atoms with van der Waals surface area (Å²) in [5, 5.41) is 12.1. The van der Waals surface area contributed by atoms with Gasteiger partial charge in [-0.2, -0.15) is 0 Å². The molecule has 1 unspecified atom stereocenters. The summed E-state index contributed by atoms with van der Waals surface area (Å²) in [4.78, 5) is 12.4. The molecule has 1 heterocycles. The van der Waals surface area contributed by atoms with Gasteiger partial charge in [0.15, 0.2) is 5.16 Å². The fourth-order valence-corrected chi connectivity index (χ4v) is 3.67. The summed E-state index contributed by atoms with van der Waals surface area (Å²) < 4.78 is 3.07. The van der Waals surface area contributed by atoms with Crippen LogP contribution >= 0.6 is 27.7 Å². The number of nitrogens with one attached hydrogen (secondary N) is 1. The van der Waals surface area contributed by atoms with Crippen LogP contribution in [0.15, 0.2) is 33.9 Å². The molecule has 1 aliphatic carbocycles. The molecule has 122 valence electrons. The Labute approximate surface area is 148 Å². The summed E-state index contributed by atoms with van der Waals surface area (Å²) >= 11 is 4.86.